The van der Waals surface area contributed by atoms with E-state index >= 15 is 0 Å². The van der Waals surface area contributed by atoms with Crippen molar-refractivity contribution in [2.24, 2.45) is 28.1 Å². The monoisotopic (exact) mass is 322 g/mol. The van der Waals surface area contributed by atoms with Crippen LogP contribution in [0.15, 0.2) is 12.7 Å². The van der Waals surface area contributed by atoms with E-state index in [1.165, 1.54) is 0 Å². The molecule has 0 saturated heterocycles. The predicted octanol–water partition coefficient (Wildman–Crippen LogP) is 3.28. The van der Waals surface area contributed by atoms with Crippen molar-refractivity contribution in [3.05, 3.63) is 12.7 Å². The minimum absolute atomic E-state index is 0.126. The first kappa shape index (κ1) is 17.4. The molecule has 0 bridgehead atoms. The fourth-order valence-corrected chi connectivity index (χ4v) is 6.33. The van der Waals surface area contributed by atoms with Gasteiger partial charge in [0.1, 0.15) is 6.10 Å². The lowest BCUT2D eigenvalue weighted by Gasteiger charge is -2.67. The average Bonchev–Trinajstić information content (AvgIpc) is 2.50. The molecule has 8 atom stereocenters. The van der Waals surface area contributed by atoms with Crippen molar-refractivity contribution in [2.45, 2.75) is 84.0 Å². The standard InChI is InChI=1S/C20H34O3/c1-6-17(2)9-10-18(3)13(12-17)7-8-19(4)15(18)11-14(21)16(22)20(19,5)23/h6,13-16,21-23H,1,7-12H2,2-5H3. The Morgan fingerprint density at radius 3 is 2.30 bits per heavy atom. The molecule has 0 heterocycles. The molecule has 3 aliphatic rings. The van der Waals surface area contributed by atoms with Gasteiger partial charge in [0.25, 0.3) is 0 Å². The molecule has 0 aliphatic heterocycles. The third-order valence-electron chi connectivity index (χ3n) is 8.52. The molecule has 3 fully saturated rings. The van der Waals surface area contributed by atoms with Crippen LogP contribution in [0.3, 0.4) is 0 Å². The molecular weight excluding hydrogens is 288 g/mol. The summed E-state index contributed by atoms with van der Waals surface area (Å²) in [6.07, 6.45) is 6.24. The maximum absolute atomic E-state index is 11.1. The van der Waals surface area contributed by atoms with E-state index in [9.17, 15) is 15.3 Å². The summed E-state index contributed by atoms with van der Waals surface area (Å²) in [5, 5.41) is 31.9. The summed E-state index contributed by atoms with van der Waals surface area (Å²) in [7, 11) is 0. The van der Waals surface area contributed by atoms with Crippen LogP contribution >= 0.6 is 0 Å². The van der Waals surface area contributed by atoms with Gasteiger partial charge in [0.05, 0.1) is 11.7 Å². The van der Waals surface area contributed by atoms with Gasteiger partial charge in [-0.05, 0) is 68.1 Å². The van der Waals surface area contributed by atoms with E-state index in [2.05, 4.69) is 33.4 Å². The Balaban J connectivity index is 1.99. The minimum Gasteiger partial charge on any atom is -0.390 e. The van der Waals surface area contributed by atoms with Gasteiger partial charge < -0.3 is 15.3 Å². The predicted molar refractivity (Wildman–Crippen MR) is 91.8 cm³/mol. The highest BCUT2D eigenvalue weighted by atomic mass is 16.4. The van der Waals surface area contributed by atoms with Crippen LogP contribution in [0.5, 0.6) is 0 Å². The number of hydrogen-bond donors (Lipinski definition) is 3. The molecule has 3 saturated carbocycles. The van der Waals surface area contributed by atoms with E-state index in [0.717, 1.165) is 32.1 Å². The first-order chi connectivity index (χ1) is 10.5. The molecule has 0 radical (unpaired) electrons. The maximum Gasteiger partial charge on any atom is 0.109 e. The maximum atomic E-state index is 11.1. The van der Waals surface area contributed by atoms with Crippen molar-refractivity contribution in [2.75, 3.05) is 0 Å². The zero-order valence-electron chi connectivity index (χ0n) is 15.2. The van der Waals surface area contributed by atoms with E-state index in [1.807, 2.05) is 0 Å². The molecule has 132 valence electrons. The zero-order valence-corrected chi connectivity index (χ0v) is 15.2. The fourth-order valence-electron chi connectivity index (χ4n) is 6.33. The summed E-state index contributed by atoms with van der Waals surface area (Å²) >= 11 is 0. The Morgan fingerprint density at radius 2 is 1.70 bits per heavy atom. The second-order valence-corrected chi connectivity index (χ2v) is 9.67. The number of rotatable bonds is 1. The van der Waals surface area contributed by atoms with E-state index in [1.54, 1.807) is 6.92 Å². The van der Waals surface area contributed by atoms with Crippen LogP contribution in [0.2, 0.25) is 0 Å². The van der Waals surface area contributed by atoms with Gasteiger partial charge >= 0.3 is 0 Å². The van der Waals surface area contributed by atoms with Crippen LogP contribution in [0, 0.1) is 28.1 Å². The molecule has 3 nitrogen and oxygen atoms in total. The van der Waals surface area contributed by atoms with Crippen LogP contribution in [-0.4, -0.2) is 33.1 Å². The molecule has 0 spiro atoms. The molecule has 0 aromatic carbocycles. The summed E-state index contributed by atoms with van der Waals surface area (Å²) < 4.78 is 0. The van der Waals surface area contributed by atoms with Gasteiger partial charge in [0, 0.05) is 5.41 Å². The number of hydrogen-bond acceptors (Lipinski definition) is 3. The highest BCUT2D eigenvalue weighted by Gasteiger charge is 2.66. The van der Waals surface area contributed by atoms with E-state index in [4.69, 9.17) is 0 Å². The SMILES string of the molecule is C=CC1(C)CCC2(C)C(CCC3(C)C2CC(O)C(O)C3(C)O)C1. The van der Waals surface area contributed by atoms with Gasteiger partial charge in [-0.3, -0.25) is 0 Å². The summed E-state index contributed by atoms with van der Waals surface area (Å²) in [4.78, 5) is 0. The lowest BCUT2D eigenvalue weighted by Crippen LogP contribution is -2.69. The normalized spacial score (nSPS) is 59.8. The van der Waals surface area contributed by atoms with Crippen molar-refractivity contribution < 1.29 is 15.3 Å². The number of allylic oxidation sites excluding steroid dienone is 1. The molecular formula is C20H34O3. The molecule has 8 unspecified atom stereocenters. The second-order valence-electron chi connectivity index (χ2n) is 9.67. The third kappa shape index (κ3) is 2.19. The minimum atomic E-state index is -1.23. The first-order valence-corrected chi connectivity index (χ1v) is 9.22. The third-order valence-corrected chi connectivity index (χ3v) is 8.52. The van der Waals surface area contributed by atoms with Crippen molar-refractivity contribution in [3.8, 4) is 0 Å². The number of fused-ring (bicyclic) bond motifs is 3. The largest absolute Gasteiger partial charge is 0.390 e. The van der Waals surface area contributed by atoms with Gasteiger partial charge in [-0.15, -0.1) is 6.58 Å². The highest BCUT2D eigenvalue weighted by Crippen LogP contribution is 2.67. The van der Waals surface area contributed by atoms with Crippen LogP contribution in [-0.2, 0) is 0 Å². The quantitative estimate of drug-likeness (QED) is 0.649. The highest BCUT2D eigenvalue weighted by molar-refractivity contribution is 5.17. The Bertz CT molecular complexity index is 501. The number of aliphatic hydroxyl groups excluding tert-OH is 2. The van der Waals surface area contributed by atoms with Gasteiger partial charge in [-0.1, -0.05) is 26.8 Å². The topological polar surface area (TPSA) is 60.7 Å². The fraction of sp³-hybridized carbons (Fsp3) is 0.900. The Hall–Kier alpha value is -0.380. The Labute approximate surface area is 140 Å². The van der Waals surface area contributed by atoms with Crippen LogP contribution in [0.4, 0.5) is 0 Å². The van der Waals surface area contributed by atoms with Crippen LogP contribution < -0.4 is 0 Å². The van der Waals surface area contributed by atoms with Crippen molar-refractivity contribution >= 4 is 0 Å². The van der Waals surface area contributed by atoms with E-state index in [-0.39, 0.29) is 22.2 Å². The van der Waals surface area contributed by atoms with Crippen molar-refractivity contribution in [3.63, 3.8) is 0 Å². The Kier molecular flexibility index (Phi) is 3.84. The van der Waals surface area contributed by atoms with Gasteiger partial charge in [-0.25, -0.2) is 0 Å². The lowest BCUT2D eigenvalue weighted by molar-refractivity contribution is -0.270. The first-order valence-electron chi connectivity index (χ1n) is 9.22. The molecule has 0 amide bonds. The molecule has 23 heavy (non-hydrogen) atoms. The summed E-state index contributed by atoms with van der Waals surface area (Å²) in [5.41, 5.74) is -1.23. The van der Waals surface area contributed by atoms with Gasteiger partial charge in [0.2, 0.25) is 0 Å². The van der Waals surface area contributed by atoms with Gasteiger partial charge in [0.15, 0.2) is 0 Å². The van der Waals surface area contributed by atoms with Gasteiger partial charge in [-0.2, -0.15) is 0 Å². The van der Waals surface area contributed by atoms with Crippen LogP contribution in [0.25, 0.3) is 0 Å². The average molecular weight is 322 g/mol. The van der Waals surface area contributed by atoms with E-state index in [0.29, 0.717) is 12.3 Å². The van der Waals surface area contributed by atoms with Crippen molar-refractivity contribution in [1.82, 2.24) is 0 Å². The molecule has 0 aromatic rings. The smallest absolute Gasteiger partial charge is 0.109 e. The zero-order chi connectivity index (χ0) is 17.3. The molecule has 3 heteroatoms. The Morgan fingerprint density at radius 1 is 1.04 bits per heavy atom. The second kappa shape index (κ2) is 5.06. The summed E-state index contributed by atoms with van der Waals surface area (Å²) in [6, 6.07) is 0. The van der Waals surface area contributed by atoms with Crippen LogP contribution in [0.1, 0.15) is 66.2 Å². The molecule has 3 rings (SSSR count). The number of aliphatic hydroxyl groups is 3. The molecule has 3 N–H and O–H groups in total. The molecule has 3 aliphatic carbocycles. The summed E-state index contributed by atoms with van der Waals surface area (Å²) in [5.74, 6) is 0.854. The van der Waals surface area contributed by atoms with Crippen molar-refractivity contribution in [1.29, 1.82) is 0 Å². The van der Waals surface area contributed by atoms with E-state index < -0.39 is 17.8 Å². The molecule has 0 aromatic heterocycles. The summed E-state index contributed by atoms with van der Waals surface area (Å²) in [6.45, 7) is 12.6. The lowest BCUT2D eigenvalue weighted by atomic mass is 9.40.